The number of benzene rings is 2. The Bertz CT molecular complexity index is 892. The van der Waals surface area contributed by atoms with Gasteiger partial charge in [0.05, 0.1) is 32.5 Å². The quantitative estimate of drug-likeness (QED) is 0.623. The molecule has 0 bridgehead atoms. The van der Waals surface area contributed by atoms with Crippen molar-refractivity contribution in [3.63, 3.8) is 0 Å². The molecule has 0 saturated carbocycles. The fraction of sp³-hybridized carbons (Fsp3) is 0.182. The summed E-state index contributed by atoms with van der Waals surface area (Å²) in [6, 6.07) is 19.0. The summed E-state index contributed by atoms with van der Waals surface area (Å²) in [7, 11) is 3.26. The van der Waals surface area contributed by atoms with E-state index in [-0.39, 0.29) is 12.3 Å². The van der Waals surface area contributed by atoms with Crippen LogP contribution in [0.2, 0.25) is 0 Å². The normalized spacial score (nSPS) is 10.2. The third kappa shape index (κ3) is 5.48. The lowest BCUT2D eigenvalue weighted by molar-refractivity contribution is -0.115. The zero-order valence-corrected chi connectivity index (χ0v) is 15.9. The summed E-state index contributed by atoms with van der Waals surface area (Å²) in [5.74, 6) is 2.01. The fourth-order valence-electron chi connectivity index (χ4n) is 2.64. The molecule has 6 heteroatoms. The first kappa shape index (κ1) is 19.2. The molecule has 0 spiro atoms. The van der Waals surface area contributed by atoms with Gasteiger partial charge in [-0.05, 0) is 47.5 Å². The highest BCUT2D eigenvalue weighted by molar-refractivity contribution is 5.91. The molecule has 1 heterocycles. The second-order valence-corrected chi connectivity index (χ2v) is 6.21. The van der Waals surface area contributed by atoms with Gasteiger partial charge in [0, 0.05) is 6.54 Å². The van der Waals surface area contributed by atoms with Gasteiger partial charge in [-0.2, -0.15) is 0 Å². The van der Waals surface area contributed by atoms with E-state index in [4.69, 9.17) is 9.47 Å². The van der Waals surface area contributed by atoms with Crippen LogP contribution in [0.5, 0.6) is 11.5 Å². The minimum absolute atomic E-state index is 0.114. The number of rotatable bonds is 8. The van der Waals surface area contributed by atoms with E-state index in [1.54, 1.807) is 26.5 Å². The Kier molecular flexibility index (Phi) is 6.46. The lowest BCUT2D eigenvalue weighted by atomic mass is 10.1. The smallest absolute Gasteiger partial charge is 0.229 e. The summed E-state index contributed by atoms with van der Waals surface area (Å²) in [5.41, 5.74) is 2.93. The number of hydrogen-bond acceptors (Lipinski definition) is 5. The van der Waals surface area contributed by atoms with Gasteiger partial charge >= 0.3 is 0 Å². The van der Waals surface area contributed by atoms with Crippen molar-refractivity contribution < 1.29 is 14.3 Å². The largest absolute Gasteiger partial charge is 0.497 e. The van der Waals surface area contributed by atoms with Crippen molar-refractivity contribution in [2.45, 2.75) is 13.0 Å². The third-order valence-electron chi connectivity index (χ3n) is 4.21. The molecule has 2 aromatic carbocycles. The van der Waals surface area contributed by atoms with Crippen LogP contribution >= 0.6 is 0 Å². The monoisotopic (exact) mass is 377 g/mol. The molecule has 0 atom stereocenters. The van der Waals surface area contributed by atoms with Crippen molar-refractivity contribution in [2.75, 3.05) is 24.9 Å². The van der Waals surface area contributed by atoms with Crippen LogP contribution in [0, 0.1) is 0 Å². The number of pyridine rings is 1. The maximum Gasteiger partial charge on any atom is 0.229 e. The Morgan fingerprint density at radius 3 is 2.00 bits per heavy atom. The number of aromatic nitrogens is 1. The predicted octanol–water partition coefficient (Wildman–Crippen LogP) is 3.89. The van der Waals surface area contributed by atoms with E-state index in [2.05, 4.69) is 15.6 Å². The topological polar surface area (TPSA) is 72.5 Å². The molecule has 0 aliphatic rings. The maximum absolute atomic E-state index is 12.2. The molecule has 6 nitrogen and oxygen atoms in total. The molecule has 144 valence electrons. The number of anilines is 2. The van der Waals surface area contributed by atoms with Crippen molar-refractivity contribution >= 4 is 17.4 Å². The lowest BCUT2D eigenvalue weighted by Crippen LogP contribution is -2.15. The molecule has 3 aromatic rings. The van der Waals surface area contributed by atoms with Gasteiger partial charge in [-0.1, -0.05) is 24.3 Å². The number of nitrogens with one attached hydrogen (secondary N) is 2. The third-order valence-corrected chi connectivity index (χ3v) is 4.21. The molecule has 0 saturated heterocycles. The van der Waals surface area contributed by atoms with E-state index in [0.29, 0.717) is 12.4 Å². The first-order chi connectivity index (χ1) is 13.7. The Morgan fingerprint density at radius 1 is 0.857 bits per heavy atom. The highest BCUT2D eigenvalue weighted by Crippen LogP contribution is 2.15. The maximum atomic E-state index is 12.2. The summed E-state index contributed by atoms with van der Waals surface area (Å²) in [6.45, 7) is 0.675. The molecule has 0 aliphatic heterocycles. The van der Waals surface area contributed by atoms with Crippen LogP contribution in [0.4, 0.5) is 11.5 Å². The summed E-state index contributed by atoms with van der Waals surface area (Å²) in [4.78, 5) is 16.5. The Labute approximate surface area is 164 Å². The number of carbonyl (C=O) groups is 1. The Hall–Kier alpha value is -3.54. The van der Waals surface area contributed by atoms with Crippen molar-refractivity contribution in [1.82, 2.24) is 4.98 Å². The first-order valence-corrected chi connectivity index (χ1v) is 8.92. The summed E-state index contributed by atoms with van der Waals surface area (Å²) < 4.78 is 10.3. The van der Waals surface area contributed by atoms with E-state index in [9.17, 15) is 4.79 Å². The molecule has 0 unspecified atom stereocenters. The number of hydrogen-bond donors (Lipinski definition) is 2. The molecular weight excluding hydrogens is 354 g/mol. The molecule has 28 heavy (non-hydrogen) atoms. The van der Waals surface area contributed by atoms with Crippen LogP contribution in [0.15, 0.2) is 66.9 Å². The molecule has 0 radical (unpaired) electrons. The minimum atomic E-state index is -0.114. The number of ether oxygens (including phenoxy) is 2. The lowest BCUT2D eigenvalue weighted by Gasteiger charge is -2.09. The summed E-state index contributed by atoms with van der Waals surface area (Å²) >= 11 is 0. The molecule has 1 aromatic heterocycles. The average molecular weight is 377 g/mol. The van der Waals surface area contributed by atoms with E-state index in [1.807, 2.05) is 54.6 Å². The second-order valence-electron chi connectivity index (χ2n) is 6.21. The van der Waals surface area contributed by atoms with Gasteiger partial charge in [-0.15, -0.1) is 0 Å². The van der Waals surface area contributed by atoms with Gasteiger partial charge in [-0.25, -0.2) is 4.98 Å². The number of nitrogens with zero attached hydrogens (tertiary/aromatic N) is 1. The Balaban J connectivity index is 1.49. The number of amides is 1. The average Bonchev–Trinajstić information content (AvgIpc) is 2.74. The van der Waals surface area contributed by atoms with Crippen molar-refractivity contribution in [1.29, 1.82) is 0 Å². The van der Waals surface area contributed by atoms with Crippen LogP contribution in [0.1, 0.15) is 11.1 Å². The molecule has 3 rings (SSSR count). The summed E-state index contributed by atoms with van der Waals surface area (Å²) in [6.07, 6.45) is 1.98. The molecule has 1 amide bonds. The standard InChI is InChI=1S/C22H23N3O3/c1-27-19-8-3-16(4-9-19)13-22(26)25-21-12-7-18(15-24-21)23-14-17-5-10-20(28-2)11-6-17/h3-12,15,23H,13-14H2,1-2H3,(H,24,25,26). The van der Waals surface area contributed by atoms with Gasteiger partial charge in [0.1, 0.15) is 17.3 Å². The van der Waals surface area contributed by atoms with Gasteiger partial charge < -0.3 is 20.1 Å². The summed E-state index contributed by atoms with van der Waals surface area (Å²) in [5, 5.41) is 6.11. The van der Waals surface area contributed by atoms with Crippen molar-refractivity contribution in [2.24, 2.45) is 0 Å². The van der Waals surface area contributed by atoms with Gasteiger partial charge in [-0.3, -0.25) is 4.79 Å². The predicted molar refractivity (Wildman–Crippen MR) is 110 cm³/mol. The van der Waals surface area contributed by atoms with Gasteiger partial charge in [0.25, 0.3) is 0 Å². The minimum Gasteiger partial charge on any atom is -0.497 e. The van der Waals surface area contributed by atoms with Gasteiger partial charge in [0.15, 0.2) is 0 Å². The van der Waals surface area contributed by atoms with E-state index >= 15 is 0 Å². The highest BCUT2D eigenvalue weighted by atomic mass is 16.5. The fourth-order valence-corrected chi connectivity index (χ4v) is 2.64. The van der Waals surface area contributed by atoms with E-state index in [1.165, 1.54) is 0 Å². The van der Waals surface area contributed by atoms with E-state index < -0.39 is 0 Å². The van der Waals surface area contributed by atoms with Crippen LogP contribution < -0.4 is 20.1 Å². The van der Waals surface area contributed by atoms with Crippen LogP contribution in [0.3, 0.4) is 0 Å². The van der Waals surface area contributed by atoms with Crippen molar-refractivity contribution in [3.05, 3.63) is 78.0 Å². The van der Waals surface area contributed by atoms with Gasteiger partial charge in [0.2, 0.25) is 5.91 Å². The van der Waals surface area contributed by atoms with E-state index in [0.717, 1.165) is 28.3 Å². The zero-order chi connectivity index (χ0) is 19.8. The second kappa shape index (κ2) is 9.41. The van der Waals surface area contributed by atoms with Crippen LogP contribution in [-0.2, 0) is 17.8 Å². The molecular formula is C22H23N3O3. The molecule has 0 fully saturated rings. The first-order valence-electron chi connectivity index (χ1n) is 8.92. The molecule has 0 aliphatic carbocycles. The Morgan fingerprint density at radius 2 is 1.46 bits per heavy atom. The van der Waals surface area contributed by atoms with Crippen LogP contribution in [0.25, 0.3) is 0 Å². The molecule has 2 N–H and O–H groups in total. The zero-order valence-electron chi connectivity index (χ0n) is 15.9. The highest BCUT2D eigenvalue weighted by Gasteiger charge is 2.06. The van der Waals surface area contributed by atoms with Crippen LogP contribution in [-0.4, -0.2) is 25.1 Å². The number of methoxy groups -OCH3 is 2. The SMILES string of the molecule is COc1ccc(CNc2ccc(NC(=O)Cc3ccc(OC)cc3)nc2)cc1. The van der Waals surface area contributed by atoms with Crippen molar-refractivity contribution in [3.8, 4) is 11.5 Å². The number of carbonyl (C=O) groups excluding carboxylic acids is 1.